The number of rotatable bonds is 5. The third-order valence-corrected chi connectivity index (χ3v) is 5.83. The van der Waals surface area contributed by atoms with Gasteiger partial charge < -0.3 is 10.2 Å². The average molecular weight is 475 g/mol. The number of aromatic nitrogens is 6. The van der Waals surface area contributed by atoms with E-state index in [0.717, 1.165) is 27.9 Å². The average Bonchev–Trinajstić information content (AvgIpc) is 3.51. The van der Waals surface area contributed by atoms with Gasteiger partial charge in [0.25, 0.3) is 5.89 Å². The Balaban J connectivity index is 1.45. The smallest absolute Gasteiger partial charge is 0.314 e. The number of benzene rings is 2. The molecule has 1 unspecified atom stereocenters. The molecule has 5 aromatic rings. The summed E-state index contributed by atoms with van der Waals surface area (Å²) in [5.74, 6) is -3.19. The molecule has 0 bridgehead atoms. The van der Waals surface area contributed by atoms with Gasteiger partial charge in [0.15, 0.2) is 5.13 Å². The van der Waals surface area contributed by atoms with Gasteiger partial charge in [-0.15, -0.1) is 15.3 Å². The van der Waals surface area contributed by atoms with Crippen LogP contribution in [0.1, 0.15) is 30.8 Å². The first-order valence-electron chi connectivity index (χ1n) is 9.49. The van der Waals surface area contributed by atoms with Crippen molar-refractivity contribution < 1.29 is 22.0 Å². The van der Waals surface area contributed by atoms with Gasteiger partial charge in [-0.2, -0.15) is 8.78 Å². The molecule has 3 heterocycles. The first-order chi connectivity index (χ1) is 15.8. The minimum absolute atomic E-state index is 0.156. The second-order valence-corrected chi connectivity index (χ2v) is 8.16. The standard InChI is InChI=1S/C20H13F4N7OS/c1-8(16-11(21)4-10(5-12(16)22)18-28-29-19(32-18)17(23)24)31-7-14(27-30-31)9-2-3-13-15(6-9)33-20(25)26-13/h2-8,17H,1H3,(H2,25,26). The van der Waals surface area contributed by atoms with Crippen molar-refractivity contribution in [2.75, 3.05) is 5.73 Å². The fourth-order valence-corrected chi connectivity index (χ4v) is 4.15. The number of nitrogen functional groups attached to an aromatic ring is 1. The van der Waals surface area contributed by atoms with Crippen LogP contribution in [-0.2, 0) is 0 Å². The normalized spacial score (nSPS) is 12.7. The van der Waals surface area contributed by atoms with Crippen LogP contribution in [0.4, 0.5) is 22.7 Å². The number of fused-ring (bicyclic) bond motifs is 1. The first kappa shape index (κ1) is 21.0. The summed E-state index contributed by atoms with van der Waals surface area (Å²) in [6.45, 7) is 1.55. The maximum atomic E-state index is 14.8. The molecule has 2 N–H and O–H groups in total. The molecule has 3 aromatic heterocycles. The summed E-state index contributed by atoms with van der Waals surface area (Å²) in [6.07, 6.45) is -1.42. The number of hydrogen-bond donors (Lipinski definition) is 1. The van der Waals surface area contributed by atoms with Crippen LogP contribution >= 0.6 is 11.3 Å². The number of alkyl halides is 2. The van der Waals surface area contributed by atoms with Gasteiger partial charge in [0.05, 0.1) is 22.5 Å². The highest BCUT2D eigenvalue weighted by Gasteiger charge is 2.24. The quantitative estimate of drug-likeness (QED) is 0.356. The van der Waals surface area contributed by atoms with E-state index in [-0.39, 0.29) is 11.1 Å². The summed E-state index contributed by atoms with van der Waals surface area (Å²) in [6, 6.07) is 6.48. The van der Waals surface area contributed by atoms with E-state index >= 15 is 0 Å². The second-order valence-electron chi connectivity index (χ2n) is 7.09. The zero-order valence-electron chi connectivity index (χ0n) is 16.7. The SMILES string of the molecule is CC(c1c(F)cc(-c2nnc(C(F)F)o2)cc1F)n1cc(-c2ccc3nc(N)sc3c2)nn1. The lowest BCUT2D eigenvalue weighted by Gasteiger charge is -2.14. The molecule has 2 aromatic carbocycles. The molecule has 0 aliphatic rings. The minimum Gasteiger partial charge on any atom is -0.415 e. The van der Waals surface area contributed by atoms with Crippen molar-refractivity contribution in [1.29, 1.82) is 0 Å². The Bertz CT molecular complexity index is 1460. The maximum Gasteiger partial charge on any atom is 0.314 e. The van der Waals surface area contributed by atoms with E-state index in [4.69, 9.17) is 10.2 Å². The third-order valence-electron chi connectivity index (χ3n) is 4.98. The Morgan fingerprint density at radius 3 is 2.48 bits per heavy atom. The van der Waals surface area contributed by atoms with Crippen LogP contribution in [0.25, 0.3) is 32.9 Å². The van der Waals surface area contributed by atoms with Crippen molar-refractivity contribution in [2.45, 2.75) is 19.4 Å². The van der Waals surface area contributed by atoms with Gasteiger partial charge in [0.1, 0.15) is 17.3 Å². The minimum atomic E-state index is -2.99. The summed E-state index contributed by atoms with van der Waals surface area (Å²) in [5, 5.41) is 15.1. The van der Waals surface area contributed by atoms with Crippen LogP contribution in [0.2, 0.25) is 0 Å². The molecule has 0 amide bonds. The summed E-state index contributed by atoms with van der Waals surface area (Å²) < 4.78 is 61.9. The summed E-state index contributed by atoms with van der Waals surface area (Å²) in [4.78, 5) is 4.20. The molecule has 8 nitrogen and oxygen atoms in total. The van der Waals surface area contributed by atoms with Crippen LogP contribution in [0.3, 0.4) is 0 Å². The molecule has 1 atom stereocenters. The number of nitrogens with two attached hydrogens (primary N) is 1. The fourth-order valence-electron chi connectivity index (χ4n) is 3.38. The summed E-state index contributed by atoms with van der Waals surface area (Å²) >= 11 is 1.33. The highest BCUT2D eigenvalue weighted by atomic mass is 32.1. The molecular formula is C20H13F4N7OS. The van der Waals surface area contributed by atoms with E-state index in [2.05, 4.69) is 25.5 Å². The predicted octanol–water partition coefficient (Wildman–Crippen LogP) is 5.01. The topological polar surface area (TPSA) is 109 Å². The molecule has 0 aliphatic heterocycles. The van der Waals surface area contributed by atoms with Crippen molar-refractivity contribution in [2.24, 2.45) is 0 Å². The Morgan fingerprint density at radius 1 is 1.03 bits per heavy atom. The van der Waals surface area contributed by atoms with Gasteiger partial charge in [0, 0.05) is 16.7 Å². The zero-order valence-corrected chi connectivity index (χ0v) is 17.5. The Labute approximate surface area is 186 Å². The van der Waals surface area contributed by atoms with Crippen LogP contribution in [0, 0.1) is 11.6 Å². The van der Waals surface area contributed by atoms with Crippen molar-refractivity contribution >= 4 is 26.7 Å². The lowest BCUT2D eigenvalue weighted by Crippen LogP contribution is -2.12. The van der Waals surface area contributed by atoms with Crippen molar-refractivity contribution in [1.82, 2.24) is 30.2 Å². The maximum absolute atomic E-state index is 14.8. The van der Waals surface area contributed by atoms with Gasteiger partial charge in [-0.05, 0) is 31.2 Å². The van der Waals surface area contributed by atoms with Crippen LogP contribution in [-0.4, -0.2) is 30.2 Å². The van der Waals surface area contributed by atoms with E-state index in [1.54, 1.807) is 25.3 Å². The fraction of sp³-hybridized carbons (Fsp3) is 0.150. The van der Waals surface area contributed by atoms with Gasteiger partial charge >= 0.3 is 6.43 Å². The molecule has 0 fully saturated rings. The Hall–Kier alpha value is -3.87. The number of halogens is 4. The molecule has 5 rings (SSSR count). The number of anilines is 1. The highest BCUT2D eigenvalue weighted by molar-refractivity contribution is 7.22. The lowest BCUT2D eigenvalue weighted by molar-refractivity contribution is 0.116. The summed E-state index contributed by atoms with van der Waals surface area (Å²) in [5.41, 5.74) is 7.30. The lowest BCUT2D eigenvalue weighted by atomic mass is 10.0. The number of hydrogen-bond acceptors (Lipinski definition) is 8. The molecule has 0 saturated heterocycles. The number of nitrogens with zero attached hydrogens (tertiary/aromatic N) is 6. The molecule has 0 aliphatic carbocycles. The van der Waals surface area contributed by atoms with E-state index < -0.39 is 35.9 Å². The highest BCUT2D eigenvalue weighted by Crippen LogP contribution is 2.32. The van der Waals surface area contributed by atoms with Crippen LogP contribution in [0.15, 0.2) is 40.9 Å². The first-order valence-corrected chi connectivity index (χ1v) is 10.3. The Kier molecular flexibility index (Phi) is 5.04. The molecule has 0 saturated carbocycles. The molecule has 33 heavy (non-hydrogen) atoms. The van der Waals surface area contributed by atoms with E-state index in [0.29, 0.717) is 10.8 Å². The van der Waals surface area contributed by atoms with E-state index in [9.17, 15) is 17.6 Å². The zero-order chi connectivity index (χ0) is 23.3. The predicted molar refractivity (Wildman–Crippen MR) is 111 cm³/mol. The van der Waals surface area contributed by atoms with Gasteiger partial charge in [-0.1, -0.05) is 22.6 Å². The van der Waals surface area contributed by atoms with Crippen molar-refractivity contribution in [3.05, 3.63) is 59.6 Å². The molecule has 0 radical (unpaired) electrons. The van der Waals surface area contributed by atoms with Gasteiger partial charge in [-0.3, -0.25) is 0 Å². The second kappa shape index (κ2) is 7.92. The third kappa shape index (κ3) is 3.80. The van der Waals surface area contributed by atoms with Gasteiger partial charge in [0.2, 0.25) is 5.89 Å². The largest absolute Gasteiger partial charge is 0.415 e. The number of thiazole rings is 1. The molecule has 0 spiro atoms. The molecule has 168 valence electrons. The Morgan fingerprint density at radius 2 is 1.79 bits per heavy atom. The molecule has 13 heteroatoms. The van der Waals surface area contributed by atoms with Crippen LogP contribution < -0.4 is 5.73 Å². The van der Waals surface area contributed by atoms with Crippen molar-refractivity contribution in [3.63, 3.8) is 0 Å². The van der Waals surface area contributed by atoms with Gasteiger partial charge in [-0.25, -0.2) is 18.4 Å². The summed E-state index contributed by atoms with van der Waals surface area (Å²) in [7, 11) is 0. The molecular weight excluding hydrogens is 462 g/mol. The monoisotopic (exact) mass is 475 g/mol. The van der Waals surface area contributed by atoms with Crippen molar-refractivity contribution in [3.8, 4) is 22.7 Å². The van der Waals surface area contributed by atoms with Crippen LogP contribution in [0.5, 0.6) is 0 Å². The van der Waals surface area contributed by atoms with E-state index in [1.807, 2.05) is 6.07 Å². The van der Waals surface area contributed by atoms with E-state index in [1.165, 1.54) is 16.0 Å².